The first kappa shape index (κ1) is 14.5. The van der Waals surface area contributed by atoms with Crippen LogP contribution in [0.1, 0.15) is 45.0 Å². The van der Waals surface area contributed by atoms with Gasteiger partial charge in [-0.3, -0.25) is 4.79 Å². The lowest BCUT2D eigenvalue weighted by atomic mass is 9.87. The highest BCUT2D eigenvalue weighted by Crippen LogP contribution is 2.24. The van der Waals surface area contributed by atoms with Crippen LogP contribution in [0.4, 0.5) is 0 Å². The highest BCUT2D eigenvalue weighted by atomic mass is 16.1. The number of hydrogen-bond acceptors (Lipinski definition) is 3. The molecule has 4 heteroatoms. The molecule has 4 nitrogen and oxygen atoms in total. The Hall–Kier alpha value is -1.94. The minimum absolute atomic E-state index is 0.104. The molecule has 1 atom stereocenters. The average Bonchev–Trinajstić information content (AvgIpc) is 2.37. The highest BCUT2D eigenvalue weighted by Gasteiger charge is 2.14. The van der Waals surface area contributed by atoms with Gasteiger partial charge in [0.15, 0.2) is 0 Å². The maximum Gasteiger partial charge on any atom is 0.251 e. The summed E-state index contributed by atoms with van der Waals surface area (Å²) >= 11 is 0. The van der Waals surface area contributed by atoms with Crippen LogP contribution in [0, 0.1) is 0 Å². The summed E-state index contributed by atoms with van der Waals surface area (Å²) in [6, 6.07) is 9.26. The molecule has 0 saturated carbocycles. The van der Waals surface area contributed by atoms with Gasteiger partial charge in [-0.15, -0.1) is 0 Å². The van der Waals surface area contributed by atoms with Gasteiger partial charge in [0.1, 0.15) is 5.82 Å². The van der Waals surface area contributed by atoms with Gasteiger partial charge in [-0.2, -0.15) is 0 Å². The number of hydrogen-bond donors (Lipinski definition) is 2. The third kappa shape index (κ3) is 3.14. The topological polar surface area (TPSA) is 71.8 Å². The van der Waals surface area contributed by atoms with Gasteiger partial charge in [0.2, 0.25) is 0 Å². The zero-order valence-corrected chi connectivity index (χ0v) is 12.4. The van der Waals surface area contributed by atoms with Crippen molar-refractivity contribution in [2.24, 2.45) is 5.73 Å². The molecule has 0 bridgehead atoms. The van der Waals surface area contributed by atoms with E-state index in [1.54, 1.807) is 0 Å². The molecule has 0 saturated heterocycles. The third-order valence-electron chi connectivity index (χ3n) is 3.25. The normalized spacial score (nSPS) is 13.2. The van der Waals surface area contributed by atoms with Crippen LogP contribution < -0.4 is 11.3 Å². The van der Waals surface area contributed by atoms with Crippen molar-refractivity contribution < 1.29 is 0 Å². The van der Waals surface area contributed by atoms with E-state index in [0.717, 1.165) is 5.56 Å². The summed E-state index contributed by atoms with van der Waals surface area (Å²) in [4.78, 5) is 18.8. The summed E-state index contributed by atoms with van der Waals surface area (Å²) in [5.74, 6) is 0.560. The second kappa shape index (κ2) is 5.21. The molecule has 0 aliphatic rings. The molecule has 106 valence electrons. The Bertz CT molecular complexity index is 649. The zero-order chi connectivity index (χ0) is 14.9. The summed E-state index contributed by atoms with van der Waals surface area (Å²) in [7, 11) is 0. The van der Waals surface area contributed by atoms with Gasteiger partial charge in [-0.25, -0.2) is 4.98 Å². The first-order valence-corrected chi connectivity index (χ1v) is 6.75. The number of benzene rings is 1. The van der Waals surface area contributed by atoms with Crippen molar-refractivity contribution in [3.8, 4) is 11.4 Å². The smallest absolute Gasteiger partial charge is 0.251 e. The van der Waals surface area contributed by atoms with Crippen LogP contribution in [0.15, 0.2) is 35.1 Å². The van der Waals surface area contributed by atoms with Gasteiger partial charge in [-0.1, -0.05) is 45.0 Å². The van der Waals surface area contributed by atoms with E-state index in [9.17, 15) is 4.79 Å². The van der Waals surface area contributed by atoms with E-state index in [-0.39, 0.29) is 17.0 Å². The fourth-order valence-corrected chi connectivity index (χ4v) is 1.97. The van der Waals surface area contributed by atoms with Crippen LogP contribution in [0.5, 0.6) is 0 Å². The third-order valence-corrected chi connectivity index (χ3v) is 3.25. The number of aromatic amines is 1. The average molecular weight is 271 g/mol. The van der Waals surface area contributed by atoms with Crippen molar-refractivity contribution in [2.75, 3.05) is 0 Å². The molecule has 1 heterocycles. The Balaban J connectivity index is 2.44. The quantitative estimate of drug-likeness (QED) is 0.882. The van der Waals surface area contributed by atoms with E-state index in [1.807, 2.05) is 19.1 Å². The maximum atomic E-state index is 11.7. The van der Waals surface area contributed by atoms with Crippen molar-refractivity contribution in [3.63, 3.8) is 0 Å². The van der Waals surface area contributed by atoms with Crippen LogP contribution in [0.2, 0.25) is 0 Å². The Labute approximate surface area is 119 Å². The molecule has 2 rings (SSSR count). The lowest BCUT2D eigenvalue weighted by Crippen LogP contribution is -2.16. The Morgan fingerprint density at radius 3 is 2.30 bits per heavy atom. The summed E-state index contributed by atoms with van der Waals surface area (Å²) in [5.41, 5.74) is 8.45. The molecule has 0 amide bonds. The van der Waals surface area contributed by atoms with Gasteiger partial charge in [0.05, 0.1) is 5.69 Å². The lowest BCUT2D eigenvalue weighted by molar-refractivity contribution is 0.590. The van der Waals surface area contributed by atoms with Gasteiger partial charge in [0.25, 0.3) is 5.56 Å². The largest absolute Gasteiger partial charge is 0.323 e. The zero-order valence-electron chi connectivity index (χ0n) is 12.4. The van der Waals surface area contributed by atoms with E-state index in [0.29, 0.717) is 11.5 Å². The molecule has 0 radical (unpaired) electrons. The second-order valence-corrected chi connectivity index (χ2v) is 6.13. The molecule has 1 aromatic carbocycles. The minimum Gasteiger partial charge on any atom is -0.323 e. The number of aromatic nitrogens is 2. The predicted octanol–water partition coefficient (Wildman–Crippen LogP) is 2.75. The molecular weight excluding hydrogens is 250 g/mol. The number of rotatable bonds is 2. The second-order valence-electron chi connectivity index (χ2n) is 6.13. The van der Waals surface area contributed by atoms with Crippen LogP contribution in [-0.2, 0) is 5.41 Å². The molecule has 20 heavy (non-hydrogen) atoms. The van der Waals surface area contributed by atoms with Crippen molar-refractivity contribution in [1.82, 2.24) is 9.97 Å². The van der Waals surface area contributed by atoms with Gasteiger partial charge < -0.3 is 10.7 Å². The number of nitrogens with two attached hydrogens (primary N) is 1. The Morgan fingerprint density at radius 2 is 1.80 bits per heavy atom. The van der Waals surface area contributed by atoms with Gasteiger partial charge >= 0.3 is 0 Å². The molecule has 0 spiro atoms. The molecular formula is C16H21N3O. The highest BCUT2D eigenvalue weighted by molar-refractivity contribution is 5.55. The van der Waals surface area contributed by atoms with Crippen LogP contribution in [0.3, 0.4) is 0 Å². The van der Waals surface area contributed by atoms with Crippen LogP contribution in [-0.4, -0.2) is 9.97 Å². The summed E-state index contributed by atoms with van der Waals surface area (Å²) in [5, 5.41) is 0. The van der Waals surface area contributed by atoms with Crippen molar-refractivity contribution >= 4 is 0 Å². The molecule has 0 aliphatic carbocycles. The SMILES string of the molecule is CC(N)c1cc(=O)[nH]c(-c2ccc(C(C)(C)C)cc2)n1. The molecule has 0 fully saturated rings. The number of H-pyrrole nitrogens is 1. The number of nitrogens with zero attached hydrogens (tertiary/aromatic N) is 1. The lowest BCUT2D eigenvalue weighted by Gasteiger charge is -2.19. The van der Waals surface area contributed by atoms with E-state index in [1.165, 1.54) is 11.6 Å². The minimum atomic E-state index is -0.259. The fourth-order valence-electron chi connectivity index (χ4n) is 1.97. The Kier molecular flexibility index (Phi) is 3.77. The molecule has 1 aromatic heterocycles. The van der Waals surface area contributed by atoms with E-state index in [2.05, 4.69) is 42.9 Å². The molecule has 0 aliphatic heterocycles. The number of nitrogens with one attached hydrogen (secondary N) is 1. The van der Waals surface area contributed by atoms with Gasteiger partial charge in [0, 0.05) is 17.7 Å². The monoisotopic (exact) mass is 271 g/mol. The molecule has 1 unspecified atom stereocenters. The van der Waals surface area contributed by atoms with E-state index >= 15 is 0 Å². The van der Waals surface area contributed by atoms with Crippen molar-refractivity contribution in [2.45, 2.75) is 39.2 Å². The maximum absolute atomic E-state index is 11.7. The Morgan fingerprint density at radius 1 is 1.20 bits per heavy atom. The molecule has 2 aromatic rings. The first-order valence-electron chi connectivity index (χ1n) is 6.75. The van der Waals surface area contributed by atoms with Gasteiger partial charge in [-0.05, 0) is 17.9 Å². The van der Waals surface area contributed by atoms with Crippen molar-refractivity contribution in [3.05, 3.63) is 51.9 Å². The van der Waals surface area contributed by atoms with Crippen LogP contribution >= 0.6 is 0 Å². The standard InChI is InChI=1S/C16H21N3O/c1-10(17)13-9-14(20)19-15(18-13)11-5-7-12(8-6-11)16(2,3)4/h5-10H,17H2,1-4H3,(H,18,19,20). The fraction of sp³-hybridized carbons (Fsp3) is 0.375. The van der Waals surface area contributed by atoms with Crippen molar-refractivity contribution in [1.29, 1.82) is 0 Å². The summed E-state index contributed by atoms with van der Waals surface area (Å²) in [6.45, 7) is 8.31. The van der Waals surface area contributed by atoms with E-state index < -0.39 is 0 Å². The van der Waals surface area contributed by atoms with Crippen LogP contribution in [0.25, 0.3) is 11.4 Å². The van der Waals surface area contributed by atoms with E-state index in [4.69, 9.17) is 5.73 Å². The summed E-state index contributed by atoms with van der Waals surface area (Å²) in [6.07, 6.45) is 0. The predicted molar refractivity (Wildman–Crippen MR) is 81.6 cm³/mol. The first-order chi connectivity index (χ1) is 9.27. The summed E-state index contributed by atoms with van der Waals surface area (Å²) < 4.78 is 0. The molecule has 3 N–H and O–H groups in total.